The van der Waals surface area contributed by atoms with Crippen LogP contribution in [-0.4, -0.2) is 13.4 Å². The second-order valence-electron chi connectivity index (χ2n) is 3.40. The van der Waals surface area contributed by atoms with Crippen LogP contribution in [-0.2, 0) is 9.84 Å². The zero-order chi connectivity index (χ0) is 8.10. The molecule has 2 nitrogen and oxygen atoms in total. The van der Waals surface area contributed by atoms with Crippen LogP contribution in [0.5, 0.6) is 0 Å². The summed E-state index contributed by atoms with van der Waals surface area (Å²) in [4.78, 5) is 0. The smallest absolute Gasteiger partial charge is 0.191 e. The van der Waals surface area contributed by atoms with Crippen molar-refractivity contribution in [1.29, 1.82) is 0 Å². The summed E-state index contributed by atoms with van der Waals surface area (Å²) in [6, 6.07) is 0. The summed E-state index contributed by atoms with van der Waals surface area (Å²) in [5, 5.41) is 10.9. The average molecular weight is 157 g/mol. The van der Waals surface area contributed by atoms with Gasteiger partial charge >= 0.3 is 0 Å². The summed E-state index contributed by atoms with van der Waals surface area (Å²) in [7, 11) is 1.50. The quantitative estimate of drug-likeness (QED) is 0.578. The number of methoxy groups -OCH3 is 1. The minimum Gasteiger partial charge on any atom is -0.353 e. The lowest BCUT2D eigenvalue weighted by atomic mass is 9.87. The molecule has 1 aliphatic rings. The van der Waals surface area contributed by atoms with E-state index in [2.05, 4.69) is 0 Å². The molecule has 1 atom stereocenters. The van der Waals surface area contributed by atoms with Crippen molar-refractivity contribution in [2.24, 2.45) is 5.92 Å². The summed E-state index contributed by atoms with van der Waals surface area (Å²) in [6.45, 7) is 0. The van der Waals surface area contributed by atoms with E-state index < -0.39 is 6.29 Å². The second kappa shape index (κ2) is 4.73. The zero-order valence-electron chi connectivity index (χ0n) is 7.21. The number of hydrogen-bond acceptors (Lipinski definition) is 1. The van der Waals surface area contributed by atoms with Crippen molar-refractivity contribution in [2.45, 2.75) is 44.8 Å². The van der Waals surface area contributed by atoms with Gasteiger partial charge in [-0.2, -0.15) is 0 Å². The van der Waals surface area contributed by atoms with Crippen molar-refractivity contribution in [3.63, 3.8) is 0 Å². The van der Waals surface area contributed by atoms with Gasteiger partial charge in [-0.1, -0.05) is 32.1 Å². The summed E-state index contributed by atoms with van der Waals surface area (Å²) in [5.74, 6) is 0.645. The van der Waals surface area contributed by atoms with Gasteiger partial charge < -0.3 is 4.74 Å². The van der Waals surface area contributed by atoms with Gasteiger partial charge in [0.1, 0.15) is 0 Å². The van der Waals surface area contributed by atoms with Crippen LogP contribution in [0.2, 0.25) is 0 Å². The molecule has 1 rings (SSSR count). The van der Waals surface area contributed by atoms with Crippen molar-refractivity contribution >= 4 is 0 Å². The van der Waals surface area contributed by atoms with Crippen LogP contribution >= 0.6 is 0 Å². The summed E-state index contributed by atoms with van der Waals surface area (Å²) in [6.07, 6.45) is 6.38. The molecule has 1 fully saturated rings. The average Bonchev–Trinajstić information content (AvgIpc) is 2.06. The van der Waals surface area contributed by atoms with Crippen LogP contribution in [0, 0.1) is 5.92 Å². The monoisotopic (exact) mass is 157 g/mol. The molecule has 0 aromatic rings. The van der Waals surface area contributed by atoms with E-state index >= 15 is 0 Å². The van der Waals surface area contributed by atoms with E-state index in [1.54, 1.807) is 0 Å². The first-order valence-electron chi connectivity index (χ1n) is 4.51. The van der Waals surface area contributed by atoms with Crippen LogP contribution in [0.3, 0.4) is 0 Å². The maximum Gasteiger partial charge on any atom is 0.191 e. The second-order valence-corrected chi connectivity index (χ2v) is 3.40. The molecule has 2 heteroatoms. The van der Waals surface area contributed by atoms with Crippen molar-refractivity contribution in [3.8, 4) is 0 Å². The Labute approximate surface area is 68.6 Å². The first kappa shape index (κ1) is 9.01. The van der Waals surface area contributed by atoms with E-state index in [1.807, 2.05) is 0 Å². The molecule has 65 valence electrons. The summed E-state index contributed by atoms with van der Waals surface area (Å²) < 4.78 is 4.70. The fraction of sp³-hybridized carbons (Fsp3) is 1.00. The predicted octanol–water partition coefficient (Wildman–Crippen LogP) is 2.36. The Morgan fingerprint density at radius 3 is 2.55 bits per heavy atom. The Morgan fingerprint density at radius 2 is 2.00 bits per heavy atom. The third-order valence-electron chi connectivity index (χ3n) is 2.51. The highest BCUT2D eigenvalue weighted by Gasteiger charge is 2.17. The number of ether oxygens (including phenoxy) is 1. The molecule has 0 heterocycles. The lowest BCUT2D eigenvalue weighted by Gasteiger charge is -2.22. The lowest BCUT2D eigenvalue weighted by Crippen LogP contribution is -2.16. The summed E-state index contributed by atoms with van der Waals surface area (Å²) in [5.41, 5.74) is 0. The minimum atomic E-state index is -0.780. The molecule has 0 amide bonds. The van der Waals surface area contributed by atoms with Gasteiger partial charge in [-0.15, -0.1) is 0 Å². The van der Waals surface area contributed by atoms with E-state index in [9.17, 15) is 5.11 Å². The Bertz CT molecular complexity index is 97.7. The Balaban J connectivity index is 2.13. The molecule has 0 aromatic heterocycles. The first-order valence-corrected chi connectivity index (χ1v) is 4.51. The van der Waals surface area contributed by atoms with Gasteiger partial charge in [-0.3, -0.25) is 0 Å². The van der Waals surface area contributed by atoms with E-state index in [0.717, 1.165) is 6.42 Å². The van der Waals surface area contributed by atoms with Gasteiger partial charge in [-0.05, 0) is 5.92 Å². The Morgan fingerprint density at radius 1 is 1.36 bits per heavy atom. The van der Waals surface area contributed by atoms with Crippen molar-refractivity contribution in [1.82, 2.24) is 0 Å². The third-order valence-corrected chi connectivity index (χ3v) is 2.51. The van der Waals surface area contributed by atoms with Crippen LogP contribution < -0.4 is 0 Å². The molecular weight excluding hydrogens is 140 g/mol. The molecule has 0 aromatic carbocycles. The molecule has 1 saturated carbocycles. The van der Waals surface area contributed by atoms with Crippen LogP contribution in [0.25, 0.3) is 0 Å². The zero-order valence-corrected chi connectivity index (χ0v) is 7.21. The van der Waals surface area contributed by atoms with E-state index in [4.69, 9.17) is 4.74 Å². The fourth-order valence-corrected chi connectivity index (χ4v) is 1.79. The van der Waals surface area contributed by atoms with Crippen LogP contribution in [0.4, 0.5) is 0 Å². The van der Waals surface area contributed by atoms with Gasteiger partial charge in [-0.25, -0.2) is 5.11 Å². The molecule has 11 heavy (non-hydrogen) atoms. The van der Waals surface area contributed by atoms with Crippen LogP contribution in [0.15, 0.2) is 0 Å². The molecule has 0 spiro atoms. The first-order chi connectivity index (χ1) is 5.33. The molecule has 0 saturated heterocycles. The molecule has 1 radical (unpaired) electrons. The third kappa shape index (κ3) is 3.21. The highest BCUT2D eigenvalue weighted by atomic mass is 16.6. The molecule has 0 N–H and O–H groups in total. The normalized spacial score (nSPS) is 23.5. The largest absolute Gasteiger partial charge is 0.353 e. The van der Waals surface area contributed by atoms with Crippen molar-refractivity contribution in [2.75, 3.05) is 7.11 Å². The van der Waals surface area contributed by atoms with E-state index in [-0.39, 0.29) is 0 Å². The number of hydrogen-bond donors (Lipinski definition) is 0. The topological polar surface area (TPSA) is 29.1 Å². The SMILES string of the molecule is COC([O])CC1CCCCC1. The van der Waals surface area contributed by atoms with Gasteiger partial charge in [0.05, 0.1) is 0 Å². The van der Waals surface area contributed by atoms with E-state index in [1.165, 1.54) is 39.2 Å². The molecule has 0 bridgehead atoms. The molecule has 1 aliphatic carbocycles. The van der Waals surface area contributed by atoms with Gasteiger partial charge in [0, 0.05) is 13.5 Å². The van der Waals surface area contributed by atoms with Gasteiger partial charge in [0.25, 0.3) is 0 Å². The molecule has 0 aliphatic heterocycles. The van der Waals surface area contributed by atoms with Crippen molar-refractivity contribution < 1.29 is 9.84 Å². The highest BCUT2D eigenvalue weighted by molar-refractivity contribution is 4.66. The van der Waals surface area contributed by atoms with Gasteiger partial charge in [0.2, 0.25) is 0 Å². The molecular formula is C9H17O2. The Hall–Kier alpha value is -0.0800. The van der Waals surface area contributed by atoms with E-state index in [0.29, 0.717) is 5.92 Å². The Kier molecular flexibility index (Phi) is 3.87. The van der Waals surface area contributed by atoms with Crippen LogP contribution in [0.1, 0.15) is 38.5 Å². The predicted molar refractivity (Wildman–Crippen MR) is 42.7 cm³/mol. The lowest BCUT2D eigenvalue weighted by molar-refractivity contribution is -0.132. The summed E-state index contributed by atoms with van der Waals surface area (Å²) >= 11 is 0. The number of rotatable bonds is 3. The maximum absolute atomic E-state index is 10.9. The fourth-order valence-electron chi connectivity index (χ4n) is 1.79. The minimum absolute atomic E-state index is 0.645. The molecule has 1 unspecified atom stereocenters. The van der Waals surface area contributed by atoms with Crippen molar-refractivity contribution in [3.05, 3.63) is 0 Å². The van der Waals surface area contributed by atoms with Gasteiger partial charge in [0.15, 0.2) is 6.29 Å². The maximum atomic E-state index is 10.9. The standard InChI is InChI=1S/C9H17O2/c1-11-9(10)7-8-5-3-2-4-6-8/h8-9H,2-7H2,1H3. The highest BCUT2D eigenvalue weighted by Crippen LogP contribution is 2.27.